The zero-order chi connectivity index (χ0) is 21.0. The molecule has 0 radical (unpaired) electrons. The summed E-state index contributed by atoms with van der Waals surface area (Å²) >= 11 is 0. The van der Waals surface area contributed by atoms with E-state index >= 15 is 0 Å². The lowest BCUT2D eigenvalue weighted by atomic mass is 9.82. The Morgan fingerprint density at radius 2 is 1.27 bits per heavy atom. The summed E-state index contributed by atoms with van der Waals surface area (Å²) in [5, 5.41) is 2.92. The second kappa shape index (κ2) is 8.33. The lowest BCUT2D eigenvalue weighted by Crippen LogP contribution is -2.45. The summed E-state index contributed by atoms with van der Waals surface area (Å²) in [4.78, 5) is 39.9. The molecule has 0 bridgehead atoms. The number of benzene rings is 3. The van der Waals surface area contributed by atoms with E-state index in [2.05, 4.69) is 5.32 Å². The smallest absolute Gasteiger partial charge is 0.315 e. The van der Waals surface area contributed by atoms with Gasteiger partial charge in [-0.15, -0.1) is 0 Å². The molecule has 150 valence electrons. The van der Waals surface area contributed by atoms with Gasteiger partial charge in [0, 0.05) is 18.5 Å². The van der Waals surface area contributed by atoms with Crippen LogP contribution in [-0.4, -0.2) is 29.2 Å². The van der Waals surface area contributed by atoms with Crippen molar-refractivity contribution >= 4 is 17.7 Å². The van der Waals surface area contributed by atoms with Gasteiger partial charge in [0.2, 0.25) is 0 Å². The average Bonchev–Trinajstić information content (AvgIpc) is 3.06. The first-order valence-corrected chi connectivity index (χ1v) is 9.96. The highest BCUT2D eigenvalue weighted by Crippen LogP contribution is 2.36. The Kier molecular flexibility index (Phi) is 5.44. The number of hydrogen-bond donors (Lipinski definition) is 1. The molecular formula is C25H22N2O3. The van der Waals surface area contributed by atoms with Gasteiger partial charge < -0.3 is 5.32 Å². The van der Waals surface area contributed by atoms with Gasteiger partial charge in [-0.2, -0.15) is 0 Å². The van der Waals surface area contributed by atoms with E-state index in [9.17, 15) is 14.4 Å². The van der Waals surface area contributed by atoms with Gasteiger partial charge in [0.25, 0.3) is 5.91 Å². The van der Waals surface area contributed by atoms with Crippen molar-refractivity contribution in [2.45, 2.75) is 18.4 Å². The number of Topliss-reactive ketones (excluding diaryl/α,β-unsaturated/α-hetero) is 1. The van der Waals surface area contributed by atoms with Gasteiger partial charge in [0.05, 0.1) is 0 Å². The standard InChI is InChI=1S/C25H22N2O3/c28-22(19-11-4-1-5-12-19)17-10-18-27-23(29)25(26-24(27)30,20-13-6-2-7-14-20)21-15-8-3-9-16-21/h1-9,11-16H,10,17-18H2,(H,26,30). The third kappa shape index (κ3) is 3.50. The Morgan fingerprint density at radius 3 is 1.80 bits per heavy atom. The Labute approximate surface area is 175 Å². The monoisotopic (exact) mass is 398 g/mol. The Hall–Kier alpha value is -3.73. The van der Waals surface area contributed by atoms with E-state index < -0.39 is 11.6 Å². The molecule has 1 N–H and O–H groups in total. The molecule has 3 aromatic rings. The Bertz CT molecular complexity index is 1010. The van der Waals surface area contributed by atoms with Crippen LogP contribution < -0.4 is 5.32 Å². The SMILES string of the molecule is O=C(CCCN1C(=O)NC(c2ccccc2)(c2ccccc2)C1=O)c1ccccc1. The van der Waals surface area contributed by atoms with E-state index in [4.69, 9.17) is 0 Å². The van der Waals surface area contributed by atoms with Crippen molar-refractivity contribution in [1.82, 2.24) is 10.2 Å². The van der Waals surface area contributed by atoms with Crippen LogP contribution in [0.25, 0.3) is 0 Å². The molecule has 4 rings (SSSR count). The molecule has 0 saturated carbocycles. The van der Waals surface area contributed by atoms with Crippen molar-refractivity contribution in [3.8, 4) is 0 Å². The molecule has 0 aliphatic carbocycles. The van der Waals surface area contributed by atoms with Crippen LogP contribution >= 0.6 is 0 Å². The predicted molar refractivity (Wildman–Crippen MR) is 114 cm³/mol. The van der Waals surface area contributed by atoms with Crippen LogP contribution in [0.5, 0.6) is 0 Å². The molecule has 0 aromatic heterocycles. The molecule has 5 nitrogen and oxygen atoms in total. The summed E-state index contributed by atoms with van der Waals surface area (Å²) in [5.74, 6) is -0.322. The van der Waals surface area contributed by atoms with Crippen LogP contribution in [0.15, 0.2) is 91.0 Å². The number of hydrogen-bond acceptors (Lipinski definition) is 3. The Balaban J connectivity index is 1.56. The topological polar surface area (TPSA) is 66.5 Å². The largest absolute Gasteiger partial charge is 0.325 e. The third-order valence-corrected chi connectivity index (χ3v) is 5.40. The third-order valence-electron chi connectivity index (χ3n) is 5.40. The molecule has 1 saturated heterocycles. The first-order chi connectivity index (χ1) is 14.6. The number of carbonyl (C=O) groups excluding carboxylic acids is 3. The normalized spacial score (nSPS) is 15.1. The molecule has 1 heterocycles. The lowest BCUT2D eigenvalue weighted by Gasteiger charge is -2.28. The van der Waals surface area contributed by atoms with E-state index in [0.717, 1.165) is 0 Å². The minimum atomic E-state index is -1.26. The molecule has 30 heavy (non-hydrogen) atoms. The second-order valence-electron chi connectivity index (χ2n) is 7.26. The Morgan fingerprint density at radius 1 is 0.767 bits per heavy atom. The number of carbonyl (C=O) groups is 3. The fourth-order valence-corrected chi connectivity index (χ4v) is 3.88. The average molecular weight is 398 g/mol. The minimum absolute atomic E-state index is 0.0000334. The number of ketones is 1. The molecule has 0 atom stereocenters. The number of rotatable bonds is 7. The zero-order valence-corrected chi connectivity index (χ0v) is 16.5. The molecule has 0 spiro atoms. The quantitative estimate of drug-likeness (QED) is 0.480. The van der Waals surface area contributed by atoms with Crippen LogP contribution in [0.3, 0.4) is 0 Å². The van der Waals surface area contributed by atoms with Crippen LogP contribution in [0.1, 0.15) is 34.3 Å². The fraction of sp³-hybridized carbons (Fsp3) is 0.160. The first-order valence-electron chi connectivity index (χ1n) is 9.96. The van der Waals surface area contributed by atoms with Gasteiger partial charge >= 0.3 is 6.03 Å². The molecule has 1 fully saturated rings. The highest BCUT2D eigenvalue weighted by Gasteiger charge is 2.53. The number of nitrogens with one attached hydrogen (secondary N) is 1. The number of amides is 3. The first kappa shape index (κ1) is 19.6. The van der Waals surface area contributed by atoms with Crippen molar-refractivity contribution in [1.29, 1.82) is 0 Å². The molecule has 1 aliphatic heterocycles. The van der Waals surface area contributed by atoms with E-state index in [1.807, 2.05) is 78.9 Å². The maximum atomic E-state index is 13.5. The molecule has 0 unspecified atom stereocenters. The highest BCUT2D eigenvalue weighted by atomic mass is 16.2. The summed E-state index contributed by atoms with van der Waals surface area (Å²) in [5.41, 5.74) is 0.788. The van der Waals surface area contributed by atoms with Crippen LogP contribution in [0, 0.1) is 0 Å². The fourth-order valence-electron chi connectivity index (χ4n) is 3.88. The summed E-state index contributed by atoms with van der Waals surface area (Å²) in [7, 11) is 0. The lowest BCUT2D eigenvalue weighted by molar-refractivity contribution is -0.130. The summed E-state index contributed by atoms with van der Waals surface area (Å²) < 4.78 is 0. The van der Waals surface area contributed by atoms with Crippen molar-refractivity contribution in [3.05, 3.63) is 108 Å². The van der Waals surface area contributed by atoms with Crippen molar-refractivity contribution in [2.75, 3.05) is 6.54 Å². The second-order valence-corrected chi connectivity index (χ2v) is 7.26. The molecular weight excluding hydrogens is 376 g/mol. The van der Waals surface area contributed by atoms with Gasteiger partial charge in [-0.1, -0.05) is 91.0 Å². The van der Waals surface area contributed by atoms with Crippen molar-refractivity contribution in [2.24, 2.45) is 0 Å². The number of urea groups is 1. The zero-order valence-electron chi connectivity index (χ0n) is 16.5. The minimum Gasteiger partial charge on any atom is -0.315 e. The number of nitrogens with zero attached hydrogens (tertiary/aromatic N) is 1. The van der Waals surface area contributed by atoms with Gasteiger partial charge in [0.1, 0.15) is 0 Å². The summed E-state index contributed by atoms with van der Waals surface area (Å²) in [6.45, 7) is 0.185. The molecule has 5 heteroatoms. The van der Waals surface area contributed by atoms with E-state index in [1.54, 1.807) is 12.1 Å². The highest BCUT2D eigenvalue weighted by molar-refractivity contribution is 6.09. The molecule has 3 amide bonds. The van der Waals surface area contributed by atoms with Crippen LogP contribution in [0.4, 0.5) is 4.79 Å². The van der Waals surface area contributed by atoms with E-state index in [-0.39, 0.29) is 24.7 Å². The van der Waals surface area contributed by atoms with Crippen molar-refractivity contribution in [3.63, 3.8) is 0 Å². The maximum Gasteiger partial charge on any atom is 0.325 e. The van der Waals surface area contributed by atoms with Crippen LogP contribution in [-0.2, 0) is 10.3 Å². The summed E-state index contributed by atoms with van der Waals surface area (Å²) in [6.07, 6.45) is 0.678. The van der Waals surface area contributed by atoms with E-state index in [1.165, 1.54) is 4.90 Å². The molecule has 3 aromatic carbocycles. The predicted octanol–water partition coefficient (Wildman–Crippen LogP) is 4.15. The van der Waals surface area contributed by atoms with Crippen molar-refractivity contribution < 1.29 is 14.4 Å². The maximum absolute atomic E-state index is 13.5. The van der Waals surface area contributed by atoms with Gasteiger partial charge in [0.15, 0.2) is 11.3 Å². The van der Waals surface area contributed by atoms with Gasteiger partial charge in [-0.25, -0.2) is 4.79 Å². The molecule has 1 aliphatic rings. The van der Waals surface area contributed by atoms with Gasteiger partial charge in [-0.3, -0.25) is 14.5 Å². The van der Waals surface area contributed by atoms with Crippen LogP contribution in [0.2, 0.25) is 0 Å². The summed E-state index contributed by atoms with van der Waals surface area (Å²) in [6, 6.07) is 27.1. The number of imide groups is 1. The van der Waals surface area contributed by atoms with Gasteiger partial charge in [-0.05, 0) is 17.5 Å². The van der Waals surface area contributed by atoms with E-state index in [0.29, 0.717) is 23.1 Å².